The Kier molecular flexibility index (Phi) is 7.48. The number of imidazole rings is 1. The Balaban J connectivity index is 1.20. The molecule has 0 fully saturated rings. The van der Waals surface area contributed by atoms with Crippen LogP contribution in [0, 0.1) is 0 Å². The second kappa shape index (κ2) is 11.1. The molecule has 0 aliphatic carbocycles. The maximum Gasteiger partial charge on any atom is 0.251 e. The molecule has 0 saturated heterocycles. The van der Waals surface area contributed by atoms with E-state index in [4.69, 9.17) is 5.73 Å². The summed E-state index contributed by atoms with van der Waals surface area (Å²) in [6.07, 6.45) is 9.62. The Morgan fingerprint density at radius 2 is 1.70 bits per heavy atom. The normalized spacial score (nSPS) is 10.9. The number of nitrogens with one attached hydrogen (secondary N) is 2. The summed E-state index contributed by atoms with van der Waals surface area (Å²) in [5, 5.41) is 11.5. The molecule has 0 aliphatic rings. The van der Waals surface area contributed by atoms with Gasteiger partial charge in [-0.05, 0) is 61.9 Å². The number of carbonyl (C=O) groups is 1. The van der Waals surface area contributed by atoms with Gasteiger partial charge in [0.25, 0.3) is 5.91 Å². The third kappa shape index (κ3) is 6.52. The molecule has 0 spiro atoms. The average molecular weight is 444 g/mol. The van der Waals surface area contributed by atoms with Gasteiger partial charge in [0.1, 0.15) is 0 Å². The molecule has 0 atom stereocenters. The van der Waals surface area contributed by atoms with Crippen molar-refractivity contribution in [2.24, 2.45) is 0 Å². The first kappa shape index (κ1) is 22.3. The predicted molar refractivity (Wildman–Crippen MR) is 128 cm³/mol. The number of H-pyrrole nitrogens is 1. The summed E-state index contributed by atoms with van der Waals surface area (Å²) in [5.41, 5.74) is 10.3. The number of aryl methyl sites for hydroxylation is 2. The van der Waals surface area contributed by atoms with E-state index in [2.05, 4.69) is 37.7 Å². The Morgan fingerprint density at radius 3 is 2.42 bits per heavy atom. The molecular weight excluding hydrogens is 414 g/mol. The number of amides is 1. The number of unbranched alkanes of at least 4 members (excludes halogenated alkanes) is 2. The van der Waals surface area contributed by atoms with Crippen molar-refractivity contribution < 1.29 is 4.79 Å². The number of rotatable bonds is 11. The van der Waals surface area contributed by atoms with E-state index < -0.39 is 0 Å². The largest absolute Gasteiger partial charge is 0.369 e. The molecule has 33 heavy (non-hydrogen) atoms. The lowest BCUT2D eigenvalue weighted by molar-refractivity contribution is 0.0954. The maximum atomic E-state index is 12.4. The number of nitrogens with zero attached hydrogens (tertiary/aromatic N) is 4. The molecule has 0 radical (unpaired) electrons. The zero-order chi connectivity index (χ0) is 22.9. The second-order valence-electron chi connectivity index (χ2n) is 8.03. The smallest absolute Gasteiger partial charge is 0.251 e. The van der Waals surface area contributed by atoms with E-state index in [0.717, 1.165) is 55.6 Å². The van der Waals surface area contributed by atoms with Crippen molar-refractivity contribution in [2.45, 2.75) is 38.5 Å². The SMILES string of the molecule is Nc1nc(CCCCCc2cn(-c3ccc(C(=O)NCCc4ccccc4)cc3)nn2)c[nH]1. The molecule has 170 valence electrons. The predicted octanol–water partition coefficient (Wildman–Crippen LogP) is 3.50. The summed E-state index contributed by atoms with van der Waals surface area (Å²) in [4.78, 5) is 19.5. The topological polar surface area (TPSA) is 115 Å². The monoisotopic (exact) mass is 443 g/mol. The highest BCUT2D eigenvalue weighted by molar-refractivity contribution is 5.94. The van der Waals surface area contributed by atoms with Crippen molar-refractivity contribution in [1.29, 1.82) is 0 Å². The van der Waals surface area contributed by atoms with Crippen LogP contribution < -0.4 is 11.1 Å². The van der Waals surface area contributed by atoms with Crippen molar-refractivity contribution in [2.75, 3.05) is 12.3 Å². The number of aromatic amines is 1. The number of hydrogen-bond acceptors (Lipinski definition) is 5. The standard InChI is InChI=1S/C25H29N7O/c26-25-28-17-21(29-25)9-5-2-6-10-22-18-32(31-30-22)23-13-11-20(12-14-23)24(33)27-16-15-19-7-3-1-4-8-19/h1,3-4,7-8,11-14,17-18H,2,5-6,9-10,15-16H2,(H,27,33)(H3,26,28,29). The fourth-order valence-electron chi connectivity index (χ4n) is 3.67. The van der Waals surface area contributed by atoms with Gasteiger partial charge in [0.05, 0.1) is 23.3 Å². The van der Waals surface area contributed by atoms with E-state index in [0.29, 0.717) is 18.1 Å². The van der Waals surface area contributed by atoms with E-state index in [-0.39, 0.29) is 5.91 Å². The van der Waals surface area contributed by atoms with Crippen LogP contribution in [0.3, 0.4) is 0 Å². The van der Waals surface area contributed by atoms with Gasteiger partial charge in [-0.3, -0.25) is 4.79 Å². The number of aromatic nitrogens is 5. The molecule has 4 N–H and O–H groups in total. The number of benzene rings is 2. The van der Waals surface area contributed by atoms with Crippen LogP contribution >= 0.6 is 0 Å². The first-order chi connectivity index (χ1) is 16.2. The van der Waals surface area contributed by atoms with E-state index in [9.17, 15) is 4.79 Å². The molecule has 0 aliphatic heterocycles. The van der Waals surface area contributed by atoms with Gasteiger partial charge in [-0.2, -0.15) is 0 Å². The van der Waals surface area contributed by atoms with Crippen molar-refractivity contribution in [3.63, 3.8) is 0 Å². The molecule has 0 unspecified atom stereocenters. The Morgan fingerprint density at radius 1 is 0.939 bits per heavy atom. The summed E-state index contributed by atoms with van der Waals surface area (Å²) in [6.45, 7) is 0.604. The van der Waals surface area contributed by atoms with E-state index in [1.165, 1.54) is 5.56 Å². The minimum absolute atomic E-state index is 0.0747. The Labute approximate surface area is 193 Å². The molecule has 2 aromatic carbocycles. The van der Waals surface area contributed by atoms with Gasteiger partial charge in [0.15, 0.2) is 5.95 Å². The average Bonchev–Trinajstić information content (AvgIpc) is 3.48. The summed E-state index contributed by atoms with van der Waals surface area (Å²) < 4.78 is 1.75. The second-order valence-corrected chi connectivity index (χ2v) is 8.03. The van der Waals surface area contributed by atoms with Crippen LogP contribution in [0.15, 0.2) is 67.0 Å². The van der Waals surface area contributed by atoms with Crippen LogP contribution in [0.4, 0.5) is 5.95 Å². The lowest BCUT2D eigenvalue weighted by atomic mass is 10.1. The van der Waals surface area contributed by atoms with Gasteiger partial charge in [-0.25, -0.2) is 9.67 Å². The molecule has 0 saturated carbocycles. The summed E-state index contributed by atoms with van der Waals surface area (Å²) in [6, 6.07) is 17.5. The minimum atomic E-state index is -0.0747. The Hall–Kier alpha value is -3.94. The third-order valence-electron chi connectivity index (χ3n) is 5.49. The highest BCUT2D eigenvalue weighted by Gasteiger charge is 2.07. The molecule has 4 aromatic rings. The quantitative estimate of drug-likeness (QED) is 0.307. The molecule has 2 heterocycles. The van der Waals surface area contributed by atoms with Gasteiger partial charge in [-0.15, -0.1) is 5.10 Å². The molecule has 4 rings (SSSR count). The molecule has 8 heteroatoms. The Bertz CT molecular complexity index is 1150. The third-order valence-corrected chi connectivity index (χ3v) is 5.49. The van der Waals surface area contributed by atoms with Crippen molar-refractivity contribution in [3.8, 4) is 5.69 Å². The lowest BCUT2D eigenvalue weighted by Gasteiger charge is -2.06. The maximum absolute atomic E-state index is 12.4. The summed E-state index contributed by atoms with van der Waals surface area (Å²) >= 11 is 0. The number of hydrogen-bond donors (Lipinski definition) is 3. The van der Waals surface area contributed by atoms with Crippen LogP contribution in [0.1, 0.15) is 46.6 Å². The lowest BCUT2D eigenvalue weighted by Crippen LogP contribution is -2.25. The van der Waals surface area contributed by atoms with Crippen LogP contribution in [-0.4, -0.2) is 37.4 Å². The molecular formula is C25H29N7O. The van der Waals surface area contributed by atoms with Gasteiger partial charge >= 0.3 is 0 Å². The summed E-state index contributed by atoms with van der Waals surface area (Å²) in [7, 11) is 0. The highest BCUT2D eigenvalue weighted by atomic mass is 16.1. The van der Waals surface area contributed by atoms with Crippen molar-refractivity contribution in [1.82, 2.24) is 30.3 Å². The van der Waals surface area contributed by atoms with Crippen molar-refractivity contribution in [3.05, 3.63) is 89.5 Å². The number of nitrogens with two attached hydrogens (primary N) is 1. The van der Waals surface area contributed by atoms with Crippen molar-refractivity contribution >= 4 is 11.9 Å². The molecule has 8 nitrogen and oxygen atoms in total. The first-order valence-electron chi connectivity index (χ1n) is 11.3. The van der Waals surface area contributed by atoms with E-state index >= 15 is 0 Å². The fraction of sp³-hybridized carbons (Fsp3) is 0.280. The molecule has 1 amide bonds. The number of anilines is 1. The summed E-state index contributed by atoms with van der Waals surface area (Å²) in [5.74, 6) is 0.396. The number of carbonyl (C=O) groups excluding carboxylic acids is 1. The highest BCUT2D eigenvalue weighted by Crippen LogP contribution is 2.12. The van der Waals surface area contributed by atoms with Crippen LogP contribution in [0.5, 0.6) is 0 Å². The first-order valence-corrected chi connectivity index (χ1v) is 11.3. The minimum Gasteiger partial charge on any atom is -0.369 e. The van der Waals surface area contributed by atoms with E-state index in [1.807, 2.05) is 54.9 Å². The zero-order valence-electron chi connectivity index (χ0n) is 18.6. The van der Waals surface area contributed by atoms with Gasteiger partial charge < -0.3 is 16.0 Å². The zero-order valence-corrected chi connectivity index (χ0v) is 18.6. The van der Waals surface area contributed by atoms with Gasteiger partial charge in [-0.1, -0.05) is 42.0 Å². The molecule has 2 aromatic heterocycles. The van der Waals surface area contributed by atoms with Crippen LogP contribution in [0.25, 0.3) is 5.69 Å². The fourth-order valence-corrected chi connectivity index (χ4v) is 3.67. The molecule has 0 bridgehead atoms. The van der Waals surface area contributed by atoms with Gasteiger partial charge in [0, 0.05) is 18.3 Å². The van der Waals surface area contributed by atoms with Crippen LogP contribution in [0.2, 0.25) is 0 Å². The van der Waals surface area contributed by atoms with E-state index in [1.54, 1.807) is 4.68 Å². The number of nitrogen functional groups attached to an aromatic ring is 1. The van der Waals surface area contributed by atoms with Crippen LogP contribution in [-0.2, 0) is 19.3 Å². The van der Waals surface area contributed by atoms with Gasteiger partial charge in [0.2, 0.25) is 0 Å².